The Hall–Kier alpha value is -2.19. The van der Waals surface area contributed by atoms with E-state index in [9.17, 15) is 14.9 Å². The first-order valence-corrected chi connectivity index (χ1v) is 7.10. The van der Waals surface area contributed by atoms with Gasteiger partial charge in [0, 0.05) is 29.8 Å². The standard InChI is InChI=1S/C12H11ClN4O3S/c1-14-11-9(13)2-7(3-10(11)17(19)20)12(18)16-5-8-4-15-6-21-8/h2-4,6,14H,5H2,1H3,(H,16,18). The Morgan fingerprint density at radius 2 is 2.29 bits per heavy atom. The van der Waals surface area contributed by atoms with Gasteiger partial charge in [0.2, 0.25) is 0 Å². The SMILES string of the molecule is CNc1c(Cl)cc(C(=O)NCc2cncs2)cc1[N+](=O)[O-]. The third kappa shape index (κ3) is 3.47. The van der Waals surface area contributed by atoms with Crippen LogP contribution in [0, 0.1) is 10.1 Å². The van der Waals surface area contributed by atoms with Gasteiger partial charge in [0.05, 0.1) is 22.0 Å². The van der Waals surface area contributed by atoms with Gasteiger partial charge in [0.15, 0.2) is 0 Å². The molecule has 0 saturated carbocycles. The van der Waals surface area contributed by atoms with Crippen LogP contribution in [-0.4, -0.2) is 22.9 Å². The van der Waals surface area contributed by atoms with Crippen LogP contribution in [-0.2, 0) is 6.54 Å². The summed E-state index contributed by atoms with van der Waals surface area (Å²) in [7, 11) is 1.53. The number of thiazole rings is 1. The zero-order valence-corrected chi connectivity index (χ0v) is 12.5. The van der Waals surface area contributed by atoms with Gasteiger partial charge in [-0.15, -0.1) is 11.3 Å². The predicted octanol–water partition coefficient (Wildman–Crippen LogP) is 2.68. The van der Waals surface area contributed by atoms with Crippen LogP contribution in [0.5, 0.6) is 0 Å². The van der Waals surface area contributed by atoms with Crippen LogP contribution in [0.3, 0.4) is 0 Å². The maximum atomic E-state index is 12.0. The molecule has 0 aliphatic heterocycles. The minimum Gasteiger partial charge on any atom is -0.381 e. The lowest BCUT2D eigenvalue weighted by atomic mass is 10.1. The number of aromatic nitrogens is 1. The van der Waals surface area contributed by atoms with Gasteiger partial charge in [0.25, 0.3) is 11.6 Å². The highest BCUT2D eigenvalue weighted by atomic mass is 35.5. The molecule has 2 aromatic rings. The summed E-state index contributed by atoms with van der Waals surface area (Å²) in [6.45, 7) is 0.308. The molecule has 0 saturated heterocycles. The number of carbonyl (C=O) groups excluding carboxylic acids is 1. The average Bonchev–Trinajstić information content (AvgIpc) is 2.96. The van der Waals surface area contributed by atoms with Crippen molar-refractivity contribution in [1.29, 1.82) is 0 Å². The molecule has 1 heterocycles. The van der Waals surface area contributed by atoms with Crippen molar-refractivity contribution in [2.24, 2.45) is 0 Å². The smallest absolute Gasteiger partial charge is 0.294 e. The first-order valence-electron chi connectivity index (χ1n) is 5.84. The molecular formula is C12H11ClN4O3S. The largest absolute Gasteiger partial charge is 0.381 e. The Kier molecular flexibility index (Phi) is 4.71. The molecule has 110 valence electrons. The zero-order valence-electron chi connectivity index (χ0n) is 10.9. The number of nitrogens with one attached hydrogen (secondary N) is 2. The van der Waals surface area contributed by atoms with Crippen molar-refractivity contribution in [2.75, 3.05) is 12.4 Å². The molecule has 0 spiro atoms. The van der Waals surface area contributed by atoms with E-state index >= 15 is 0 Å². The third-order valence-electron chi connectivity index (χ3n) is 2.68. The second-order valence-electron chi connectivity index (χ2n) is 4.01. The number of carbonyl (C=O) groups is 1. The molecule has 0 radical (unpaired) electrons. The molecule has 21 heavy (non-hydrogen) atoms. The van der Waals surface area contributed by atoms with E-state index in [1.54, 1.807) is 11.7 Å². The van der Waals surface area contributed by atoms with Gasteiger partial charge in [0.1, 0.15) is 5.69 Å². The lowest BCUT2D eigenvalue weighted by molar-refractivity contribution is -0.383. The Bertz CT molecular complexity index is 675. The monoisotopic (exact) mass is 326 g/mol. The number of nitrogens with zero attached hydrogens (tertiary/aromatic N) is 2. The summed E-state index contributed by atoms with van der Waals surface area (Å²) in [5, 5.41) is 16.5. The van der Waals surface area contributed by atoms with E-state index in [0.29, 0.717) is 6.54 Å². The summed E-state index contributed by atoms with van der Waals surface area (Å²) in [4.78, 5) is 27.3. The van der Waals surface area contributed by atoms with Crippen molar-refractivity contribution in [2.45, 2.75) is 6.54 Å². The fraction of sp³-hybridized carbons (Fsp3) is 0.167. The van der Waals surface area contributed by atoms with Gasteiger partial charge >= 0.3 is 0 Å². The van der Waals surface area contributed by atoms with Crippen LogP contribution in [0.15, 0.2) is 23.8 Å². The Labute approximate surface area is 129 Å². The van der Waals surface area contributed by atoms with E-state index in [1.807, 2.05) is 0 Å². The molecule has 1 amide bonds. The van der Waals surface area contributed by atoms with Crippen molar-refractivity contribution in [1.82, 2.24) is 10.3 Å². The van der Waals surface area contributed by atoms with Gasteiger partial charge in [-0.3, -0.25) is 19.9 Å². The number of nitro benzene ring substituents is 1. The maximum Gasteiger partial charge on any atom is 0.294 e. The second kappa shape index (κ2) is 6.51. The van der Waals surface area contributed by atoms with Crippen LogP contribution in [0.2, 0.25) is 5.02 Å². The molecule has 2 N–H and O–H groups in total. The zero-order chi connectivity index (χ0) is 15.4. The molecule has 0 unspecified atom stereocenters. The molecule has 0 aliphatic rings. The minimum atomic E-state index is -0.586. The van der Waals surface area contributed by atoms with Gasteiger partial charge in [-0.25, -0.2) is 0 Å². The van der Waals surface area contributed by atoms with Crippen molar-refractivity contribution in [3.05, 3.63) is 49.4 Å². The molecule has 0 atom stereocenters. The van der Waals surface area contributed by atoms with Crippen LogP contribution in [0.25, 0.3) is 0 Å². The number of hydrogen-bond donors (Lipinski definition) is 2. The normalized spacial score (nSPS) is 10.2. The minimum absolute atomic E-state index is 0.120. The van der Waals surface area contributed by atoms with E-state index in [-0.39, 0.29) is 22.0 Å². The molecule has 0 fully saturated rings. The van der Waals surface area contributed by atoms with E-state index in [2.05, 4.69) is 15.6 Å². The highest BCUT2D eigenvalue weighted by Crippen LogP contribution is 2.33. The lowest BCUT2D eigenvalue weighted by Gasteiger charge is -2.08. The van der Waals surface area contributed by atoms with Gasteiger partial charge in [-0.1, -0.05) is 11.6 Å². The summed E-state index contributed by atoms with van der Waals surface area (Å²) in [5.41, 5.74) is 1.73. The second-order valence-corrected chi connectivity index (χ2v) is 5.39. The van der Waals surface area contributed by atoms with Gasteiger partial charge in [-0.05, 0) is 6.07 Å². The van der Waals surface area contributed by atoms with E-state index < -0.39 is 10.8 Å². The van der Waals surface area contributed by atoms with Crippen molar-refractivity contribution in [3.8, 4) is 0 Å². The van der Waals surface area contributed by atoms with Crippen LogP contribution >= 0.6 is 22.9 Å². The van der Waals surface area contributed by atoms with Crippen molar-refractivity contribution >= 4 is 40.2 Å². The third-order valence-corrected chi connectivity index (χ3v) is 3.76. The quantitative estimate of drug-likeness (QED) is 0.650. The number of benzene rings is 1. The Morgan fingerprint density at radius 1 is 1.52 bits per heavy atom. The fourth-order valence-corrected chi connectivity index (χ4v) is 2.56. The summed E-state index contributed by atoms with van der Waals surface area (Å²) in [5.74, 6) is -0.434. The van der Waals surface area contributed by atoms with Gasteiger partial charge in [-0.2, -0.15) is 0 Å². The molecule has 0 bridgehead atoms. The summed E-state index contributed by atoms with van der Waals surface area (Å²) < 4.78 is 0. The summed E-state index contributed by atoms with van der Waals surface area (Å²) in [6, 6.07) is 2.59. The number of halogens is 1. The first-order chi connectivity index (χ1) is 10.0. The molecule has 1 aromatic carbocycles. The summed E-state index contributed by atoms with van der Waals surface area (Å²) >= 11 is 7.37. The first kappa shape index (κ1) is 15.2. The summed E-state index contributed by atoms with van der Waals surface area (Å²) in [6.07, 6.45) is 1.64. The number of hydrogen-bond acceptors (Lipinski definition) is 6. The van der Waals surface area contributed by atoms with Crippen molar-refractivity contribution in [3.63, 3.8) is 0 Å². The maximum absolute atomic E-state index is 12.0. The average molecular weight is 327 g/mol. The van der Waals surface area contributed by atoms with Crippen molar-refractivity contribution < 1.29 is 9.72 Å². The molecule has 2 rings (SSSR count). The van der Waals surface area contributed by atoms with Crippen LogP contribution < -0.4 is 10.6 Å². The Morgan fingerprint density at radius 3 is 2.86 bits per heavy atom. The molecule has 0 aliphatic carbocycles. The topological polar surface area (TPSA) is 97.2 Å². The van der Waals surface area contributed by atoms with E-state index in [0.717, 1.165) is 4.88 Å². The van der Waals surface area contributed by atoms with Crippen LogP contribution in [0.1, 0.15) is 15.2 Å². The van der Waals surface area contributed by atoms with Crippen LogP contribution in [0.4, 0.5) is 11.4 Å². The number of rotatable bonds is 5. The predicted molar refractivity (Wildman–Crippen MR) is 80.9 cm³/mol. The number of amides is 1. The molecule has 7 nitrogen and oxygen atoms in total. The molecule has 1 aromatic heterocycles. The lowest BCUT2D eigenvalue weighted by Crippen LogP contribution is -2.22. The fourth-order valence-electron chi connectivity index (χ4n) is 1.71. The number of nitro groups is 1. The molecule has 9 heteroatoms. The van der Waals surface area contributed by atoms with E-state index in [1.165, 1.54) is 30.5 Å². The Balaban J connectivity index is 2.23. The highest BCUT2D eigenvalue weighted by molar-refractivity contribution is 7.09. The molecular weight excluding hydrogens is 316 g/mol. The van der Waals surface area contributed by atoms with E-state index in [4.69, 9.17) is 11.6 Å². The van der Waals surface area contributed by atoms with Gasteiger partial charge < -0.3 is 10.6 Å². The number of anilines is 1. The highest BCUT2D eigenvalue weighted by Gasteiger charge is 2.20.